The average molecular weight is 499 g/mol. The molecule has 0 saturated carbocycles. The Morgan fingerprint density at radius 3 is 1.78 bits per heavy atom. The van der Waals surface area contributed by atoms with E-state index in [-0.39, 0.29) is 22.3 Å². The summed E-state index contributed by atoms with van der Waals surface area (Å²) in [6, 6.07) is 0. The molecule has 188 valence electrons. The lowest BCUT2D eigenvalue weighted by molar-refractivity contribution is 0.145. The van der Waals surface area contributed by atoms with Gasteiger partial charge in [-0.05, 0) is 55.5 Å². The lowest BCUT2D eigenvalue weighted by Gasteiger charge is -2.39. The summed E-state index contributed by atoms with van der Waals surface area (Å²) in [6.45, 7) is 31.2. The summed E-state index contributed by atoms with van der Waals surface area (Å²) in [4.78, 5) is 0. The first-order valence-electron chi connectivity index (χ1n) is 12.6. The molecule has 0 N–H and O–H groups in total. The van der Waals surface area contributed by atoms with E-state index < -0.39 is 24.7 Å². The monoisotopic (exact) mass is 498 g/mol. The summed E-state index contributed by atoms with van der Waals surface area (Å²) in [5.41, 5.74) is 0.437. The maximum absolute atomic E-state index is 6.82. The largest absolute Gasteiger partial charge is 0.417 e. The SMILES string of the molecule is CC(C)(C)[Si](C)(C)OCC/C=C\C/C=C\C[C@H](O[Si](C)(C)C(C)(C)C)[C@@H]1O[C@H]1[Si](C)(C)C. The quantitative estimate of drug-likeness (QED) is 0.117. The van der Waals surface area contributed by atoms with Gasteiger partial charge in [0.05, 0.1) is 19.9 Å². The summed E-state index contributed by atoms with van der Waals surface area (Å²) < 4.78 is 19.2. The van der Waals surface area contributed by atoms with Crippen LogP contribution in [0.5, 0.6) is 0 Å². The zero-order chi connectivity index (χ0) is 25.0. The third-order valence-electron chi connectivity index (χ3n) is 7.53. The predicted molar refractivity (Wildman–Crippen MR) is 149 cm³/mol. The maximum atomic E-state index is 6.82. The minimum Gasteiger partial charge on any atom is -0.417 e. The molecule has 6 heteroatoms. The van der Waals surface area contributed by atoms with Crippen LogP contribution in [0.3, 0.4) is 0 Å². The Morgan fingerprint density at radius 1 is 0.781 bits per heavy atom. The molecule has 0 unspecified atom stereocenters. The number of hydrogen-bond acceptors (Lipinski definition) is 3. The van der Waals surface area contributed by atoms with Crippen LogP contribution in [0.25, 0.3) is 0 Å². The molecule has 1 heterocycles. The molecule has 0 aromatic carbocycles. The van der Waals surface area contributed by atoms with Crippen LogP contribution >= 0.6 is 0 Å². The Labute approximate surface area is 203 Å². The number of hydrogen-bond donors (Lipinski definition) is 0. The summed E-state index contributed by atoms with van der Waals surface area (Å²) in [7, 11) is -4.75. The average Bonchev–Trinajstić information content (AvgIpc) is 3.38. The first-order valence-corrected chi connectivity index (χ1v) is 22.0. The molecule has 3 nitrogen and oxygen atoms in total. The van der Waals surface area contributed by atoms with Crippen molar-refractivity contribution in [3.63, 3.8) is 0 Å². The highest BCUT2D eigenvalue weighted by Crippen LogP contribution is 2.42. The predicted octanol–water partition coefficient (Wildman–Crippen LogP) is 8.33. The van der Waals surface area contributed by atoms with Gasteiger partial charge >= 0.3 is 0 Å². The van der Waals surface area contributed by atoms with Gasteiger partial charge in [0.1, 0.15) is 6.10 Å². The van der Waals surface area contributed by atoms with Crippen LogP contribution in [0.1, 0.15) is 60.8 Å². The number of rotatable bonds is 12. The van der Waals surface area contributed by atoms with Gasteiger partial charge in [0.2, 0.25) is 0 Å². The summed E-state index contributed by atoms with van der Waals surface area (Å²) in [5.74, 6) is 0. The van der Waals surface area contributed by atoms with Gasteiger partial charge in [-0.2, -0.15) is 0 Å². The normalized spacial score (nSPS) is 22.2. The molecule has 1 fully saturated rings. The van der Waals surface area contributed by atoms with Gasteiger partial charge in [-0.15, -0.1) is 0 Å². The Kier molecular flexibility index (Phi) is 10.5. The summed E-state index contributed by atoms with van der Waals surface area (Å²) in [5, 5.41) is 0.496. The van der Waals surface area contributed by atoms with Crippen molar-refractivity contribution in [3.8, 4) is 0 Å². The second-order valence-corrected chi connectivity index (χ2v) is 28.5. The highest BCUT2D eigenvalue weighted by molar-refractivity contribution is 6.78. The molecule has 32 heavy (non-hydrogen) atoms. The molecule has 1 aliphatic heterocycles. The molecule has 0 bridgehead atoms. The van der Waals surface area contributed by atoms with E-state index >= 15 is 0 Å². The van der Waals surface area contributed by atoms with Crippen molar-refractivity contribution in [1.29, 1.82) is 0 Å². The standard InChI is InChI=1S/C26H54O3Si3/c1-25(2,3)31(10,11)27-21-19-17-15-14-16-18-20-22(23-24(28-23)30(7,8)9)29-32(12,13)26(4,5)6/h15-18,22-24H,14,19-21H2,1-13H3/b17-15-,18-16-/t22-,23-,24-/m0/s1. The van der Waals surface area contributed by atoms with Crippen LogP contribution in [0.4, 0.5) is 0 Å². The Bertz CT molecular complexity index is 634. The van der Waals surface area contributed by atoms with Gasteiger partial charge < -0.3 is 13.6 Å². The number of allylic oxidation sites excluding steroid dienone is 2. The smallest absolute Gasteiger partial charge is 0.192 e. The lowest BCUT2D eigenvalue weighted by Crippen LogP contribution is -2.46. The van der Waals surface area contributed by atoms with Crippen LogP contribution in [-0.4, -0.2) is 49.3 Å². The fourth-order valence-electron chi connectivity index (χ4n) is 3.13. The van der Waals surface area contributed by atoms with Gasteiger partial charge in [-0.25, -0.2) is 0 Å². The van der Waals surface area contributed by atoms with Crippen LogP contribution in [0, 0.1) is 0 Å². The van der Waals surface area contributed by atoms with Crippen LogP contribution in [0.2, 0.25) is 55.9 Å². The van der Waals surface area contributed by atoms with Crippen LogP contribution < -0.4 is 0 Å². The van der Waals surface area contributed by atoms with Crippen molar-refractivity contribution < 1.29 is 13.6 Å². The van der Waals surface area contributed by atoms with Crippen molar-refractivity contribution in [2.24, 2.45) is 0 Å². The van der Waals surface area contributed by atoms with E-state index in [1.165, 1.54) is 0 Å². The van der Waals surface area contributed by atoms with E-state index in [1.807, 2.05) is 0 Å². The van der Waals surface area contributed by atoms with E-state index in [9.17, 15) is 0 Å². The van der Waals surface area contributed by atoms with Gasteiger partial charge in [0, 0.05) is 6.61 Å². The van der Waals surface area contributed by atoms with Gasteiger partial charge in [0.15, 0.2) is 16.6 Å². The number of ether oxygens (including phenoxy) is 1. The molecule has 0 aromatic rings. The molecule has 1 saturated heterocycles. The van der Waals surface area contributed by atoms with Crippen molar-refractivity contribution in [2.75, 3.05) is 6.61 Å². The van der Waals surface area contributed by atoms with E-state index in [0.717, 1.165) is 25.9 Å². The minimum absolute atomic E-state index is 0.186. The van der Waals surface area contributed by atoms with Crippen molar-refractivity contribution in [2.45, 2.75) is 135 Å². The highest BCUT2D eigenvalue weighted by atomic mass is 28.4. The number of epoxide rings is 1. The third-order valence-corrected chi connectivity index (χ3v) is 18.7. The lowest BCUT2D eigenvalue weighted by atomic mass is 10.2. The zero-order valence-corrected chi connectivity index (χ0v) is 26.6. The molecule has 0 amide bonds. The third kappa shape index (κ3) is 9.34. The fraction of sp³-hybridized carbons (Fsp3) is 0.846. The minimum atomic E-state index is -1.82. The molecule has 0 aromatic heterocycles. The summed E-state index contributed by atoms with van der Waals surface area (Å²) >= 11 is 0. The van der Waals surface area contributed by atoms with E-state index in [1.54, 1.807) is 0 Å². The molecule has 0 spiro atoms. The van der Waals surface area contributed by atoms with Gasteiger partial charge in [0.25, 0.3) is 0 Å². The molecule has 0 radical (unpaired) electrons. The van der Waals surface area contributed by atoms with E-state index in [4.69, 9.17) is 13.6 Å². The van der Waals surface area contributed by atoms with E-state index in [2.05, 4.69) is 112 Å². The Hall–Kier alpha value is 0.0106. The first-order chi connectivity index (χ1) is 14.3. The molecule has 1 aliphatic rings. The molecule has 0 aliphatic carbocycles. The molecule has 3 atom stereocenters. The van der Waals surface area contributed by atoms with Crippen LogP contribution in [-0.2, 0) is 13.6 Å². The fourth-order valence-corrected chi connectivity index (χ4v) is 7.29. The summed E-state index contributed by atoms with van der Waals surface area (Å²) in [6.07, 6.45) is 12.5. The second kappa shape index (κ2) is 11.2. The van der Waals surface area contributed by atoms with Crippen molar-refractivity contribution >= 4 is 24.7 Å². The maximum Gasteiger partial charge on any atom is 0.192 e. The Balaban J connectivity index is 2.54. The molecule has 1 rings (SSSR count). The van der Waals surface area contributed by atoms with Gasteiger partial charge in [-0.3, -0.25) is 0 Å². The van der Waals surface area contributed by atoms with Crippen molar-refractivity contribution in [1.82, 2.24) is 0 Å². The van der Waals surface area contributed by atoms with Crippen molar-refractivity contribution in [3.05, 3.63) is 24.3 Å². The molecular weight excluding hydrogens is 445 g/mol. The topological polar surface area (TPSA) is 31.0 Å². The molecular formula is C26H54O3Si3. The highest BCUT2D eigenvalue weighted by Gasteiger charge is 2.54. The van der Waals surface area contributed by atoms with E-state index in [0.29, 0.717) is 5.73 Å². The first kappa shape index (κ1) is 30.0. The zero-order valence-electron chi connectivity index (χ0n) is 23.6. The Morgan fingerprint density at radius 2 is 1.31 bits per heavy atom. The second-order valence-electron chi connectivity index (χ2n) is 13.6. The van der Waals surface area contributed by atoms with Gasteiger partial charge in [-0.1, -0.05) is 85.5 Å². The van der Waals surface area contributed by atoms with Crippen LogP contribution in [0.15, 0.2) is 24.3 Å².